The smallest absolute Gasteiger partial charge is 0.191 e. The molecule has 1 unspecified atom stereocenters. The lowest BCUT2D eigenvalue weighted by Gasteiger charge is -2.25. The summed E-state index contributed by atoms with van der Waals surface area (Å²) < 4.78 is 7.36. The second-order valence-electron chi connectivity index (χ2n) is 6.02. The molecule has 0 fully saturated rings. The summed E-state index contributed by atoms with van der Waals surface area (Å²) in [5.41, 5.74) is 1.02. The summed E-state index contributed by atoms with van der Waals surface area (Å²) in [5.74, 6) is 3.40. The lowest BCUT2D eigenvalue weighted by Crippen LogP contribution is -2.46. The maximum atomic E-state index is 6.01. The second-order valence-corrected chi connectivity index (χ2v) is 6.46. The van der Waals surface area contributed by atoms with Gasteiger partial charge in [0.1, 0.15) is 17.4 Å². The number of rotatable bonds is 4. The van der Waals surface area contributed by atoms with Gasteiger partial charge in [-0.3, -0.25) is 4.99 Å². The highest BCUT2D eigenvalue weighted by Crippen LogP contribution is 2.22. The fourth-order valence-electron chi connectivity index (χ4n) is 2.98. The van der Waals surface area contributed by atoms with Gasteiger partial charge in [-0.15, -0.1) is 0 Å². The molecule has 1 aliphatic rings. The van der Waals surface area contributed by atoms with E-state index in [-0.39, 0.29) is 6.04 Å². The highest BCUT2D eigenvalue weighted by molar-refractivity contribution is 6.30. The summed E-state index contributed by atoms with van der Waals surface area (Å²) in [4.78, 5) is 8.75. The van der Waals surface area contributed by atoms with Gasteiger partial charge in [0.2, 0.25) is 0 Å². The van der Waals surface area contributed by atoms with Gasteiger partial charge >= 0.3 is 0 Å². The van der Waals surface area contributed by atoms with Crippen molar-refractivity contribution < 1.29 is 4.74 Å². The van der Waals surface area contributed by atoms with Crippen LogP contribution in [-0.2, 0) is 19.5 Å². The third-order valence-electron chi connectivity index (χ3n) is 4.22. The Morgan fingerprint density at radius 2 is 2.32 bits per heavy atom. The Morgan fingerprint density at radius 1 is 1.48 bits per heavy atom. The molecular weight excluding hydrogens is 340 g/mol. The largest absolute Gasteiger partial charge is 0.496 e. The van der Waals surface area contributed by atoms with Crippen LogP contribution in [0, 0.1) is 6.92 Å². The van der Waals surface area contributed by atoms with Crippen molar-refractivity contribution in [3.05, 3.63) is 40.4 Å². The molecule has 134 valence electrons. The van der Waals surface area contributed by atoms with E-state index in [1.165, 1.54) is 0 Å². The van der Waals surface area contributed by atoms with E-state index < -0.39 is 0 Å². The van der Waals surface area contributed by atoms with Crippen LogP contribution < -0.4 is 15.4 Å². The van der Waals surface area contributed by atoms with E-state index in [1.54, 1.807) is 14.2 Å². The Bertz CT molecular complexity index is 772. The van der Waals surface area contributed by atoms with E-state index in [1.807, 2.05) is 29.8 Å². The number of benzene rings is 1. The monoisotopic (exact) mass is 362 g/mol. The van der Waals surface area contributed by atoms with Crippen LogP contribution in [0.15, 0.2) is 23.2 Å². The lowest BCUT2D eigenvalue weighted by atomic mass is 10.1. The maximum absolute atomic E-state index is 6.01. The Labute approximate surface area is 152 Å². The highest BCUT2D eigenvalue weighted by atomic mass is 35.5. The zero-order valence-electron chi connectivity index (χ0n) is 14.7. The van der Waals surface area contributed by atoms with Gasteiger partial charge in [-0.25, -0.2) is 9.67 Å². The van der Waals surface area contributed by atoms with Crippen molar-refractivity contribution in [2.24, 2.45) is 4.99 Å². The van der Waals surface area contributed by atoms with Gasteiger partial charge in [0.25, 0.3) is 0 Å². The number of methoxy groups -OCH3 is 1. The quantitative estimate of drug-likeness (QED) is 0.642. The van der Waals surface area contributed by atoms with Crippen molar-refractivity contribution in [1.82, 2.24) is 25.4 Å². The van der Waals surface area contributed by atoms with Crippen LogP contribution in [0.1, 0.15) is 23.6 Å². The minimum atomic E-state index is 0.270. The molecule has 7 nitrogen and oxygen atoms in total. The molecule has 0 saturated heterocycles. The molecule has 2 heterocycles. The summed E-state index contributed by atoms with van der Waals surface area (Å²) in [6, 6.07) is 5.89. The van der Waals surface area contributed by atoms with Gasteiger partial charge in [-0.05, 0) is 25.5 Å². The molecule has 1 aromatic carbocycles. The number of hydrogen-bond donors (Lipinski definition) is 2. The SMILES string of the molecule is CN=C(NCc1ccc(Cl)cc1OC)NC1CCc2nc(C)nn2C1. The molecule has 25 heavy (non-hydrogen) atoms. The first-order chi connectivity index (χ1) is 12.1. The third kappa shape index (κ3) is 4.22. The molecule has 0 aliphatic carbocycles. The highest BCUT2D eigenvalue weighted by Gasteiger charge is 2.21. The second kappa shape index (κ2) is 7.74. The number of hydrogen-bond acceptors (Lipinski definition) is 4. The normalized spacial score (nSPS) is 17.1. The molecule has 1 aliphatic heterocycles. The Morgan fingerprint density at radius 3 is 3.08 bits per heavy atom. The van der Waals surface area contributed by atoms with E-state index in [2.05, 4.69) is 25.7 Å². The number of aryl methyl sites for hydroxylation is 2. The number of aliphatic imine (C=N–C) groups is 1. The molecule has 2 N–H and O–H groups in total. The maximum Gasteiger partial charge on any atom is 0.191 e. The first-order valence-electron chi connectivity index (χ1n) is 8.29. The van der Waals surface area contributed by atoms with Crippen LogP contribution in [-0.4, -0.2) is 40.9 Å². The van der Waals surface area contributed by atoms with Crippen molar-refractivity contribution in [3.8, 4) is 5.75 Å². The molecule has 3 rings (SSSR count). The number of nitrogens with one attached hydrogen (secondary N) is 2. The number of nitrogens with zero attached hydrogens (tertiary/aromatic N) is 4. The molecule has 0 radical (unpaired) electrons. The zero-order chi connectivity index (χ0) is 17.8. The van der Waals surface area contributed by atoms with Crippen molar-refractivity contribution in [3.63, 3.8) is 0 Å². The van der Waals surface area contributed by atoms with Gasteiger partial charge < -0.3 is 15.4 Å². The van der Waals surface area contributed by atoms with E-state index in [0.29, 0.717) is 11.6 Å². The number of aromatic nitrogens is 3. The average molecular weight is 363 g/mol. The Hall–Kier alpha value is -2.28. The first kappa shape index (κ1) is 17.5. The van der Waals surface area contributed by atoms with Gasteiger partial charge in [0.05, 0.1) is 13.7 Å². The lowest BCUT2D eigenvalue weighted by molar-refractivity contribution is 0.391. The zero-order valence-corrected chi connectivity index (χ0v) is 15.5. The molecule has 0 amide bonds. The van der Waals surface area contributed by atoms with E-state index in [9.17, 15) is 0 Å². The molecule has 1 atom stereocenters. The van der Waals surface area contributed by atoms with E-state index in [0.717, 1.165) is 48.3 Å². The van der Waals surface area contributed by atoms with Crippen LogP contribution in [0.2, 0.25) is 5.02 Å². The first-order valence-corrected chi connectivity index (χ1v) is 8.66. The van der Waals surface area contributed by atoms with Crippen molar-refractivity contribution >= 4 is 17.6 Å². The minimum absolute atomic E-state index is 0.270. The van der Waals surface area contributed by atoms with Gasteiger partial charge in [0.15, 0.2) is 5.96 Å². The molecule has 8 heteroatoms. The van der Waals surface area contributed by atoms with Crippen LogP contribution in [0.5, 0.6) is 5.75 Å². The number of guanidine groups is 1. The summed E-state index contributed by atoms with van der Waals surface area (Å²) in [6.07, 6.45) is 1.92. The fraction of sp³-hybridized carbons (Fsp3) is 0.471. The van der Waals surface area contributed by atoms with Gasteiger partial charge in [-0.2, -0.15) is 5.10 Å². The number of ether oxygens (including phenoxy) is 1. The van der Waals surface area contributed by atoms with Crippen LogP contribution in [0.4, 0.5) is 0 Å². The molecule has 0 spiro atoms. The molecule has 0 bridgehead atoms. The topological polar surface area (TPSA) is 76.4 Å². The standard InChI is InChI=1S/C17H23ClN6O/c1-11-21-16-7-6-14(10-24(16)23-11)22-17(19-2)20-9-12-4-5-13(18)8-15(12)25-3/h4-5,8,14H,6-7,9-10H2,1-3H3,(H2,19,20,22). The number of halogens is 1. The summed E-state index contributed by atoms with van der Waals surface area (Å²) in [5, 5.41) is 11.9. The Kier molecular flexibility index (Phi) is 5.43. The molecular formula is C17H23ClN6O. The van der Waals surface area contributed by atoms with Crippen molar-refractivity contribution in [1.29, 1.82) is 0 Å². The average Bonchev–Trinajstić information content (AvgIpc) is 2.98. The third-order valence-corrected chi connectivity index (χ3v) is 4.46. The number of fused-ring (bicyclic) bond motifs is 1. The van der Waals surface area contributed by atoms with Gasteiger partial charge in [0, 0.05) is 36.6 Å². The molecule has 2 aromatic rings. The van der Waals surface area contributed by atoms with Crippen LogP contribution in [0.25, 0.3) is 0 Å². The molecule has 1 aromatic heterocycles. The summed E-state index contributed by atoms with van der Waals surface area (Å²) in [6.45, 7) is 3.31. The predicted octanol–water partition coefficient (Wildman–Crippen LogP) is 1.93. The van der Waals surface area contributed by atoms with Gasteiger partial charge in [-0.1, -0.05) is 17.7 Å². The van der Waals surface area contributed by atoms with E-state index >= 15 is 0 Å². The predicted molar refractivity (Wildman–Crippen MR) is 98.2 cm³/mol. The van der Waals surface area contributed by atoms with Crippen molar-refractivity contribution in [2.45, 2.75) is 38.9 Å². The van der Waals surface area contributed by atoms with Crippen LogP contribution in [0.3, 0.4) is 0 Å². The van der Waals surface area contributed by atoms with E-state index in [4.69, 9.17) is 16.3 Å². The van der Waals surface area contributed by atoms with Crippen molar-refractivity contribution in [2.75, 3.05) is 14.2 Å². The van der Waals surface area contributed by atoms with Crippen LogP contribution >= 0.6 is 11.6 Å². The minimum Gasteiger partial charge on any atom is -0.496 e. The Balaban J connectivity index is 1.59. The fourth-order valence-corrected chi connectivity index (χ4v) is 3.15. The summed E-state index contributed by atoms with van der Waals surface area (Å²) in [7, 11) is 3.41. The molecule has 0 saturated carbocycles. The summed E-state index contributed by atoms with van der Waals surface area (Å²) >= 11 is 6.01.